The average molecular weight is 278 g/mol. The molecule has 1 aromatic heterocycles. The zero-order valence-electron chi connectivity index (χ0n) is 10.5. The molecule has 0 saturated heterocycles. The van der Waals surface area contributed by atoms with Gasteiger partial charge in [-0.2, -0.15) is 0 Å². The third-order valence-electron chi connectivity index (χ3n) is 2.56. The predicted molar refractivity (Wildman–Crippen MR) is 74.2 cm³/mol. The number of non-ortho nitro benzene ring substituents is 1. The minimum atomic E-state index is -0.411. The van der Waals surface area contributed by atoms with Gasteiger partial charge in [0.2, 0.25) is 0 Å². The predicted octanol–water partition coefficient (Wildman–Crippen LogP) is 2.27. The van der Waals surface area contributed by atoms with Crippen LogP contribution < -0.4 is 5.32 Å². The van der Waals surface area contributed by atoms with E-state index in [1.165, 1.54) is 23.5 Å². The molecule has 1 aromatic carbocycles. The first-order chi connectivity index (χ1) is 9.20. The second kappa shape index (κ2) is 6.35. The number of likely N-dealkylation sites (N-methyl/N-ethyl adjacent to an activating group) is 1. The molecule has 0 amide bonds. The van der Waals surface area contributed by atoms with Crippen LogP contribution in [0.1, 0.15) is 11.9 Å². The van der Waals surface area contributed by atoms with Crippen LogP contribution in [0.15, 0.2) is 24.3 Å². The van der Waals surface area contributed by atoms with Crippen LogP contribution in [0.3, 0.4) is 0 Å². The molecule has 0 bridgehead atoms. The number of benzene rings is 1. The van der Waals surface area contributed by atoms with Crippen molar-refractivity contribution in [2.24, 2.45) is 0 Å². The Morgan fingerprint density at radius 3 is 2.68 bits per heavy atom. The van der Waals surface area contributed by atoms with Crippen molar-refractivity contribution in [1.29, 1.82) is 0 Å². The fourth-order valence-electron chi connectivity index (χ4n) is 1.57. The average Bonchev–Trinajstić information content (AvgIpc) is 2.88. The second-order valence-electron chi connectivity index (χ2n) is 3.91. The number of hydrogen-bond acceptors (Lipinski definition) is 6. The van der Waals surface area contributed by atoms with Crippen molar-refractivity contribution in [2.45, 2.75) is 13.3 Å². The maximum atomic E-state index is 10.6. The van der Waals surface area contributed by atoms with E-state index in [0.717, 1.165) is 35.1 Å². The highest BCUT2D eigenvalue weighted by atomic mass is 32.1. The fraction of sp³-hybridized carbons (Fsp3) is 0.333. The van der Waals surface area contributed by atoms with Gasteiger partial charge in [-0.15, -0.1) is 10.2 Å². The zero-order chi connectivity index (χ0) is 13.7. The summed E-state index contributed by atoms with van der Waals surface area (Å²) in [7, 11) is 0. The van der Waals surface area contributed by atoms with Crippen molar-refractivity contribution in [3.8, 4) is 10.6 Å². The van der Waals surface area contributed by atoms with Crippen molar-refractivity contribution in [3.05, 3.63) is 39.4 Å². The first kappa shape index (κ1) is 13.6. The third kappa shape index (κ3) is 3.55. The number of hydrogen-bond donors (Lipinski definition) is 1. The first-order valence-electron chi connectivity index (χ1n) is 5.98. The van der Waals surface area contributed by atoms with E-state index in [0.29, 0.717) is 0 Å². The van der Waals surface area contributed by atoms with Crippen LogP contribution in [0, 0.1) is 10.1 Å². The van der Waals surface area contributed by atoms with Crippen molar-refractivity contribution >= 4 is 17.0 Å². The van der Waals surface area contributed by atoms with Crippen LogP contribution >= 0.6 is 11.3 Å². The topological polar surface area (TPSA) is 81.0 Å². The Morgan fingerprint density at radius 1 is 1.32 bits per heavy atom. The Hall–Kier alpha value is -1.86. The van der Waals surface area contributed by atoms with Crippen molar-refractivity contribution in [3.63, 3.8) is 0 Å². The lowest BCUT2D eigenvalue weighted by atomic mass is 10.2. The lowest BCUT2D eigenvalue weighted by Crippen LogP contribution is -2.15. The van der Waals surface area contributed by atoms with Crippen LogP contribution in [0.4, 0.5) is 5.69 Å². The highest BCUT2D eigenvalue weighted by Crippen LogP contribution is 2.25. The molecule has 2 aromatic rings. The van der Waals surface area contributed by atoms with Gasteiger partial charge in [-0.1, -0.05) is 18.3 Å². The van der Waals surface area contributed by atoms with Crippen molar-refractivity contribution in [1.82, 2.24) is 15.5 Å². The van der Waals surface area contributed by atoms with Crippen LogP contribution in [0.25, 0.3) is 10.6 Å². The van der Waals surface area contributed by atoms with Gasteiger partial charge in [0.25, 0.3) is 5.69 Å². The second-order valence-corrected chi connectivity index (χ2v) is 4.97. The van der Waals surface area contributed by atoms with Crippen molar-refractivity contribution in [2.75, 3.05) is 13.1 Å². The minimum absolute atomic E-state index is 0.0839. The fourth-order valence-corrected chi connectivity index (χ4v) is 2.41. The van der Waals surface area contributed by atoms with Gasteiger partial charge >= 0.3 is 0 Å². The summed E-state index contributed by atoms with van der Waals surface area (Å²) in [6, 6.07) is 6.36. The summed E-state index contributed by atoms with van der Waals surface area (Å²) < 4.78 is 0. The summed E-state index contributed by atoms with van der Waals surface area (Å²) in [5, 5.41) is 23.8. The Kier molecular flexibility index (Phi) is 4.53. The molecule has 1 N–H and O–H groups in total. The molecule has 100 valence electrons. The summed E-state index contributed by atoms with van der Waals surface area (Å²) >= 11 is 1.52. The molecule has 0 spiro atoms. The van der Waals surface area contributed by atoms with Crippen LogP contribution in [0.2, 0.25) is 0 Å². The van der Waals surface area contributed by atoms with E-state index in [9.17, 15) is 10.1 Å². The number of nitrogens with one attached hydrogen (secondary N) is 1. The summed E-state index contributed by atoms with van der Waals surface area (Å²) in [5.74, 6) is 0. The lowest BCUT2D eigenvalue weighted by Gasteiger charge is -1.96. The zero-order valence-corrected chi connectivity index (χ0v) is 11.3. The maximum Gasteiger partial charge on any atom is 0.269 e. The summed E-state index contributed by atoms with van der Waals surface area (Å²) in [6.45, 7) is 3.88. The van der Waals surface area contributed by atoms with E-state index in [-0.39, 0.29) is 5.69 Å². The highest BCUT2D eigenvalue weighted by molar-refractivity contribution is 7.14. The standard InChI is InChI=1S/C12H14N4O2S/c1-2-13-8-7-11-14-15-12(19-11)9-3-5-10(6-4-9)16(17)18/h3-6,13H,2,7-8H2,1H3. The molecular weight excluding hydrogens is 264 g/mol. The van der Waals surface area contributed by atoms with Gasteiger partial charge in [-0.25, -0.2) is 0 Å². The van der Waals surface area contributed by atoms with Gasteiger partial charge in [0.05, 0.1) is 4.92 Å². The maximum absolute atomic E-state index is 10.6. The van der Waals surface area contributed by atoms with Crippen LogP contribution in [-0.4, -0.2) is 28.2 Å². The third-order valence-corrected chi connectivity index (χ3v) is 3.59. The van der Waals surface area contributed by atoms with Crippen molar-refractivity contribution < 1.29 is 4.92 Å². The number of nitrogens with zero attached hydrogens (tertiary/aromatic N) is 3. The Balaban J connectivity index is 2.07. The van der Waals surface area contributed by atoms with E-state index in [1.807, 2.05) is 0 Å². The molecule has 0 aliphatic carbocycles. The van der Waals surface area contributed by atoms with Gasteiger partial charge in [-0.05, 0) is 18.7 Å². The smallest absolute Gasteiger partial charge is 0.269 e. The minimum Gasteiger partial charge on any atom is -0.317 e. The van der Waals surface area contributed by atoms with Gasteiger partial charge in [0, 0.05) is 30.7 Å². The lowest BCUT2D eigenvalue weighted by molar-refractivity contribution is -0.384. The molecular formula is C12H14N4O2S. The molecule has 0 atom stereocenters. The van der Waals surface area contributed by atoms with Gasteiger partial charge in [0.1, 0.15) is 10.0 Å². The summed E-state index contributed by atoms with van der Waals surface area (Å²) in [4.78, 5) is 10.2. The number of aromatic nitrogens is 2. The molecule has 0 aliphatic heterocycles. The van der Waals surface area contributed by atoms with E-state index < -0.39 is 4.92 Å². The van der Waals surface area contributed by atoms with Crippen LogP contribution in [0.5, 0.6) is 0 Å². The molecule has 0 aliphatic rings. The number of nitro benzene ring substituents is 1. The molecule has 6 nitrogen and oxygen atoms in total. The Bertz CT molecular complexity index is 553. The van der Waals surface area contributed by atoms with Gasteiger partial charge in [0.15, 0.2) is 0 Å². The Labute approximate surface area is 114 Å². The molecule has 0 radical (unpaired) electrons. The molecule has 19 heavy (non-hydrogen) atoms. The highest BCUT2D eigenvalue weighted by Gasteiger charge is 2.09. The summed E-state index contributed by atoms with van der Waals surface area (Å²) in [6.07, 6.45) is 0.846. The Morgan fingerprint density at radius 2 is 2.05 bits per heavy atom. The normalized spacial score (nSPS) is 10.6. The van der Waals surface area contributed by atoms with E-state index in [1.54, 1.807) is 12.1 Å². The monoisotopic (exact) mass is 278 g/mol. The summed E-state index contributed by atoms with van der Waals surface area (Å²) in [5.41, 5.74) is 0.943. The molecule has 1 heterocycles. The molecule has 0 saturated carbocycles. The van der Waals surface area contributed by atoms with Crippen LogP contribution in [-0.2, 0) is 6.42 Å². The molecule has 7 heteroatoms. The first-order valence-corrected chi connectivity index (χ1v) is 6.80. The number of rotatable bonds is 6. The van der Waals surface area contributed by atoms with E-state index in [4.69, 9.17) is 0 Å². The quantitative estimate of drug-likeness (QED) is 0.498. The SMILES string of the molecule is CCNCCc1nnc(-c2ccc([N+](=O)[O-])cc2)s1. The molecule has 0 fully saturated rings. The number of nitro groups is 1. The molecule has 2 rings (SSSR count). The van der Waals surface area contributed by atoms with Gasteiger partial charge < -0.3 is 5.32 Å². The van der Waals surface area contributed by atoms with E-state index in [2.05, 4.69) is 22.4 Å². The van der Waals surface area contributed by atoms with E-state index >= 15 is 0 Å². The largest absolute Gasteiger partial charge is 0.317 e. The molecule has 0 unspecified atom stereocenters. The van der Waals surface area contributed by atoms with Gasteiger partial charge in [-0.3, -0.25) is 10.1 Å².